The van der Waals surface area contributed by atoms with Gasteiger partial charge in [0.25, 0.3) is 0 Å². The first-order chi connectivity index (χ1) is 11.9. The molecule has 0 saturated carbocycles. The predicted molar refractivity (Wildman–Crippen MR) is 99.2 cm³/mol. The Morgan fingerprint density at radius 2 is 0.792 bits per heavy atom. The molecule has 0 spiro atoms. The molecule has 0 aliphatic heterocycles. The molecule has 4 rings (SSSR count). The molecule has 126 valence electrons. The summed E-state index contributed by atoms with van der Waals surface area (Å²) in [7, 11) is 0. The highest BCUT2D eigenvalue weighted by Gasteiger charge is 2.18. The minimum Gasteiger partial charge on any atom is -0.209 e. The monoisotopic (exact) mass is 321 g/mol. The summed E-state index contributed by atoms with van der Waals surface area (Å²) in [6.07, 6.45) is 21.5. The van der Waals surface area contributed by atoms with E-state index in [-0.39, 0.29) is 0 Å². The quantitative estimate of drug-likeness (QED) is 0.712. The van der Waals surface area contributed by atoms with Crippen molar-refractivity contribution < 1.29 is 0 Å². The van der Waals surface area contributed by atoms with Gasteiger partial charge in [0.2, 0.25) is 0 Å². The predicted octanol–water partition coefficient (Wildman–Crippen LogP) is 5.74. The van der Waals surface area contributed by atoms with Gasteiger partial charge in [0, 0.05) is 0 Å². The van der Waals surface area contributed by atoms with Crippen molar-refractivity contribution in [2.24, 2.45) is 0 Å². The summed E-state index contributed by atoms with van der Waals surface area (Å²) >= 11 is 0. The molecular weight excluding hydrogens is 294 g/mol. The molecule has 3 heteroatoms. The molecule has 0 saturated heterocycles. The van der Waals surface area contributed by atoms with Gasteiger partial charge in [-0.05, 0) is 93.8 Å². The van der Waals surface area contributed by atoms with E-state index in [2.05, 4.69) is 18.2 Å². The Kier molecular flexibility index (Phi) is 4.86. The fourth-order valence-electron chi connectivity index (χ4n) is 3.93. The van der Waals surface area contributed by atoms with Gasteiger partial charge in [-0.25, -0.2) is 15.0 Å². The SMILES string of the molecule is C1=C(c2nc(C3=CCCCC3)nc(C3=CCCCC3)n2)CCCC1. The third kappa shape index (κ3) is 3.50. The van der Waals surface area contributed by atoms with Gasteiger partial charge in [-0.2, -0.15) is 0 Å². The second kappa shape index (κ2) is 7.42. The Bertz CT molecular complexity index is 589. The van der Waals surface area contributed by atoms with Crippen molar-refractivity contribution >= 4 is 16.7 Å². The lowest BCUT2D eigenvalue weighted by molar-refractivity contribution is 0.721. The van der Waals surface area contributed by atoms with Crippen LogP contribution < -0.4 is 0 Å². The van der Waals surface area contributed by atoms with E-state index < -0.39 is 0 Å². The normalized spacial score (nSPS) is 21.8. The van der Waals surface area contributed by atoms with Gasteiger partial charge >= 0.3 is 0 Å². The molecule has 3 aliphatic rings. The zero-order valence-corrected chi connectivity index (χ0v) is 14.6. The van der Waals surface area contributed by atoms with Crippen LogP contribution in [0.4, 0.5) is 0 Å². The number of rotatable bonds is 3. The van der Waals surface area contributed by atoms with Crippen LogP contribution in [-0.2, 0) is 0 Å². The molecule has 0 bridgehead atoms. The van der Waals surface area contributed by atoms with E-state index in [1.54, 1.807) is 0 Å². The molecule has 3 nitrogen and oxygen atoms in total. The van der Waals surface area contributed by atoms with E-state index in [4.69, 9.17) is 15.0 Å². The first-order valence-electron chi connectivity index (χ1n) is 9.74. The molecule has 1 aromatic heterocycles. The molecule has 0 fully saturated rings. The van der Waals surface area contributed by atoms with Gasteiger partial charge in [0.1, 0.15) is 0 Å². The van der Waals surface area contributed by atoms with Crippen LogP contribution in [-0.4, -0.2) is 15.0 Å². The Hall–Kier alpha value is -1.77. The second-order valence-corrected chi connectivity index (χ2v) is 7.23. The summed E-state index contributed by atoms with van der Waals surface area (Å²) in [6, 6.07) is 0. The third-order valence-electron chi connectivity index (χ3n) is 5.37. The van der Waals surface area contributed by atoms with Crippen molar-refractivity contribution in [2.75, 3.05) is 0 Å². The van der Waals surface area contributed by atoms with Crippen molar-refractivity contribution in [3.8, 4) is 0 Å². The average molecular weight is 321 g/mol. The Labute approximate surface area is 145 Å². The molecule has 0 atom stereocenters. The molecule has 3 aliphatic carbocycles. The van der Waals surface area contributed by atoms with Crippen LogP contribution >= 0.6 is 0 Å². The van der Waals surface area contributed by atoms with E-state index in [1.165, 1.54) is 55.2 Å². The van der Waals surface area contributed by atoms with Gasteiger partial charge in [-0.3, -0.25) is 0 Å². The van der Waals surface area contributed by atoms with Crippen LogP contribution in [0.1, 0.15) is 94.5 Å². The topological polar surface area (TPSA) is 38.7 Å². The van der Waals surface area contributed by atoms with Crippen LogP contribution in [0.15, 0.2) is 18.2 Å². The summed E-state index contributed by atoms with van der Waals surface area (Å²) in [6.45, 7) is 0. The molecule has 1 aromatic rings. The van der Waals surface area contributed by atoms with Gasteiger partial charge in [-0.1, -0.05) is 18.2 Å². The fraction of sp³-hybridized carbons (Fsp3) is 0.571. The maximum Gasteiger partial charge on any atom is 0.159 e. The molecule has 24 heavy (non-hydrogen) atoms. The maximum absolute atomic E-state index is 4.89. The van der Waals surface area contributed by atoms with E-state index in [0.717, 1.165) is 56.0 Å². The largest absolute Gasteiger partial charge is 0.209 e. The van der Waals surface area contributed by atoms with Crippen LogP contribution in [0.3, 0.4) is 0 Å². The summed E-state index contributed by atoms with van der Waals surface area (Å²) in [5.41, 5.74) is 4.00. The molecular formula is C21H27N3. The lowest BCUT2D eigenvalue weighted by Crippen LogP contribution is -2.10. The number of hydrogen-bond donors (Lipinski definition) is 0. The van der Waals surface area contributed by atoms with E-state index in [0.29, 0.717) is 0 Å². The van der Waals surface area contributed by atoms with Crippen molar-refractivity contribution in [2.45, 2.75) is 77.0 Å². The van der Waals surface area contributed by atoms with Gasteiger partial charge in [0.05, 0.1) is 0 Å². The molecule has 0 aromatic carbocycles. The van der Waals surface area contributed by atoms with Crippen LogP contribution in [0.2, 0.25) is 0 Å². The van der Waals surface area contributed by atoms with Gasteiger partial charge in [-0.15, -0.1) is 0 Å². The fourth-order valence-corrected chi connectivity index (χ4v) is 3.93. The van der Waals surface area contributed by atoms with Gasteiger partial charge in [0.15, 0.2) is 17.5 Å². The molecule has 1 heterocycles. The molecule has 0 amide bonds. The maximum atomic E-state index is 4.89. The summed E-state index contributed by atoms with van der Waals surface area (Å²) in [4.78, 5) is 14.7. The lowest BCUT2D eigenvalue weighted by atomic mass is 9.96. The third-order valence-corrected chi connectivity index (χ3v) is 5.37. The number of allylic oxidation sites excluding steroid dienone is 6. The van der Waals surface area contributed by atoms with Crippen molar-refractivity contribution in [3.05, 3.63) is 35.7 Å². The Morgan fingerprint density at radius 3 is 1.04 bits per heavy atom. The number of nitrogens with zero attached hydrogens (tertiary/aromatic N) is 3. The first kappa shape index (κ1) is 15.7. The smallest absolute Gasteiger partial charge is 0.159 e. The summed E-state index contributed by atoms with van der Waals surface area (Å²) in [5, 5.41) is 0. The Balaban J connectivity index is 1.76. The zero-order chi connectivity index (χ0) is 16.2. The Morgan fingerprint density at radius 1 is 0.458 bits per heavy atom. The summed E-state index contributed by atoms with van der Waals surface area (Å²) in [5.74, 6) is 2.81. The minimum absolute atomic E-state index is 0.938. The molecule has 0 N–H and O–H groups in total. The highest BCUT2D eigenvalue weighted by Crippen LogP contribution is 2.31. The van der Waals surface area contributed by atoms with E-state index in [9.17, 15) is 0 Å². The van der Waals surface area contributed by atoms with Crippen LogP contribution in [0, 0.1) is 0 Å². The van der Waals surface area contributed by atoms with Crippen molar-refractivity contribution in [1.29, 1.82) is 0 Å². The molecule has 0 unspecified atom stereocenters. The van der Waals surface area contributed by atoms with Crippen molar-refractivity contribution in [3.63, 3.8) is 0 Å². The highest BCUT2D eigenvalue weighted by molar-refractivity contribution is 5.68. The summed E-state index contributed by atoms with van der Waals surface area (Å²) < 4.78 is 0. The van der Waals surface area contributed by atoms with Crippen molar-refractivity contribution in [1.82, 2.24) is 15.0 Å². The lowest BCUT2D eigenvalue weighted by Gasteiger charge is -2.18. The van der Waals surface area contributed by atoms with Gasteiger partial charge < -0.3 is 0 Å². The number of aromatic nitrogens is 3. The average Bonchev–Trinajstić information content (AvgIpc) is 2.70. The first-order valence-corrected chi connectivity index (χ1v) is 9.74. The minimum atomic E-state index is 0.938. The zero-order valence-electron chi connectivity index (χ0n) is 14.6. The molecule has 0 radical (unpaired) electrons. The number of hydrogen-bond acceptors (Lipinski definition) is 3. The van der Waals surface area contributed by atoms with E-state index in [1.807, 2.05) is 0 Å². The highest BCUT2D eigenvalue weighted by atomic mass is 15.0. The van der Waals surface area contributed by atoms with Crippen LogP contribution in [0.25, 0.3) is 16.7 Å². The second-order valence-electron chi connectivity index (χ2n) is 7.23. The van der Waals surface area contributed by atoms with Crippen LogP contribution in [0.5, 0.6) is 0 Å². The standard InChI is InChI=1S/C21H27N3/c1-4-10-16(11-5-1)19-22-20(17-12-6-2-7-13-17)24-21(23-19)18-14-8-3-9-15-18/h10,12,14H,1-9,11,13,15H2. The van der Waals surface area contributed by atoms with E-state index >= 15 is 0 Å².